The predicted molar refractivity (Wildman–Crippen MR) is 97.1 cm³/mol. The average molecular weight is 372 g/mol. The Bertz CT molecular complexity index is 594. The van der Waals surface area contributed by atoms with Crippen LogP contribution in [0.4, 0.5) is 0 Å². The fourth-order valence-electron chi connectivity index (χ4n) is 2.22. The third-order valence-electron chi connectivity index (χ3n) is 3.57. The molecular weight excluding hydrogens is 350 g/mol. The summed E-state index contributed by atoms with van der Waals surface area (Å²) in [5.74, 6) is 0.118. The van der Waals surface area contributed by atoms with Gasteiger partial charge in [0.25, 0.3) is 5.91 Å². The van der Waals surface area contributed by atoms with Crippen molar-refractivity contribution in [1.82, 2.24) is 16.2 Å². The van der Waals surface area contributed by atoms with Crippen LogP contribution in [0.3, 0.4) is 0 Å². The zero-order valence-electron chi connectivity index (χ0n) is 13.7. The number of hydrogen-bond donors (Lipinski definition) is 3. The minimum Gasteiger partial charge on any atom is -0.479 e. The second kappa shape index (κ2) is 9.05. The maximum atomic E-state index is 12.1. The van der Waals surface area contributed by atoms with Gasteiger partial charge >= 0.3 is 0 Å². The number of ether oxygens (including phenoxy) is 2. The van der Waals surface area contributed by atoms with Crippen LogP contribution in [0.2, 0.25) is 5.02 Å². The number of carbonyl (C=O) groups is 1. The molecule has 132 valence electrons. The zero-order chi connectivity index (χ0) is 17.5. The van der Waals surface area contributed by atoms with Gasteiger partial charge in [0.1, 0.15) is 5.75 Å². The summed E-state index contributed by atoms with van der Waals surface area (Å²) in [6.07, 6.45) is 1.54. The highest BCUT2D eigenvalue weighted by molar-refractivity contribution is 7.80. The van der Waals surface area contributed by atoms with Crippen LogP contribution in [0.1, 0.15) is 25.3 Å². The molecule has 0 spiro atoms. The van der Waals surface area contributed by atoms with E-state index >= 15 is 0 Å². The molecule has 1 aliphatic rings. The van der Waals surface area contributed by atoms with E-state index in [4.69, 9.17) is 33.3 Å². The molecule has 1 aliphatic heterocycles. The summed E-state index contributed by atoms with van der Waals surface area (Å²) in [4.78, 5) is 12.1. The minimum absolute atomic E-state index is 0.172. The first-order chi connectivity index (χ1) is 11.5. The van der Waals surface area contributed by atoms with Crippen LogP contribution in [0, 0.1) is 6.92 Å². The van der Waals surface area contributed by atoms with E-state index in [2.05, 4.69) is 16.2 Å². The molecule has 1 amide bonds. The maximum Gasteiger partial charge on any atom is 0.279 e. The number of aryl methyl sites for hydroxylation is 1. The van der Waals surface area contributed by atoms with Crippen LogP contribution in [0.5, 0.6) is 5.75 Å². The smallest absolute Gasteiger partial charge is 0.279 e. The van der Waals surface area contributed by atoms with Gasteiger partial charge in [0.2, 0.25) is 0 Å². The van der Waals surface area contributed by atoms with Crippen LogP contribution in [0.15, 0.2) is 18.2 Å². The van der Waals surface area contributed by atoms with E-state index < -0.39 is 6.10 Å². The molecule has 1 aromatic carbocycles. The lowest BCUT2D eigenvalue weighted by Crippen LogP contribution is -2.51. The summed E-state index contributed by atoms with van der Waals surface area (Å²) in [6.45, 7) is 4.97. The number of benzene rings is 1. The number of hydrogen-bond acceptors (Lipinski definition) is 4. The van der Waals surface area contributed by atoms with Gasteiger partial charge in [0, 0.05) is 13.2 Å². The molecule has 8 heteroatoms. The lowest BCUT2D eigenvalue weighted by atomic mass is 10.2. The Balaban J connectivity index is 1.72. The van der Waals surface area contributed by atoms with Crippen LogP contribution in [0.25, 0.3) is 0 Å². The van der Waals surface area contributed by atoms with E-state index in [0.717, 1.165) is 25.0 Å². The molecule has 24 heavy (non-hydrogen) atoms. The molecule has 0 aromatic heterocycles. The maximum absolute atomic E-state index is 12.1. The fraction of sp³-hybridized carbons (Fsp3) is 0.500. The molecule has 0 bridgehead atoms. The molecule has 3 N–H and O–H groups in total. The Labute approximate surface area is 152 Å². The number of thiocarbonyl (C=S) groups is 1. The normalized spacial score (nSPS) is 17.9. The van der Waals surface area contributed by atoms with E-state index in [-0.39, 0.29) is 12.0 Å². The SMILES string of the molecule is Cc1ccc(Cl)c(O[C@H](C)C(=O)NNC(=S)NC[C@@H]2CCCO2)c1. The lowest BCUT2D eigenvalue weighted by molar-refractivity contribution is -0.127. The number of amides is 1. The quantitative estimate of drug-likeness (QED) is 0.544. The highest BCUT2D eigenvalue weighted by Gasteiger charge is 2.17. The van der Waals surface area contributed by atoms with Crippen molar-refractivity contribution in [1.29, 1.82) is 0 Å². The van der Waals surface area contributed by atoms with Crippen molar-refractivity contribution in [3.05, 3.63) is 28.8 Å². The molecule has 1 saturated heterocycles. The number of halogens is 1. The molecule has 0 radical (unpaired) electrons. The molecule has 0 unspecified atom stereocenters. The van der Waals surface area contributed by atoms with Crippen molar-refractivity contribution in [3.63, 3.8) is 0 Å². The Hall–Kier alpha value is -1.57. The molecular formula is C16H22ClN3O3S. The van der Waals surface area contributed by atoms with E-state index in [1.165, 1.54) is 0 Å². The average Bonchev–Trinajstić information content (AvgIpc) is 3.07. The summed E-state index contributed by atoms with van der Waals surface area (Å²) >= 11 is 11.2. The Morgan fingerprint density at radius 2 is 2.29 bits per heavy atom. The topological polar surface area (TPSA) is 71.6 Å². The van der Waals surface area contributed by atoms with E-state index in [9.17, 15) is 4.79 Å². The number of carbonyl (C=O) groups excluding carboxylic acids is 1. The van der Waals surface area contributed by atoms with Gasteiger partial charge in [0.15, 0.2) is 11.2 Å². The molecule has 0 aliphatic carbocycles. The first-order valence-electron chi connectivity index (χ1n) is 7.84. The van der Waals surface area contributed by atoms with Crippen molar-refractivity contribution in [2.24, 2.45) is 0 Å². The summed E-state index contributed by atoms with van der Waals surface area (Å²) < 4.78 is 11.1. The first-order valence-corrected chi connectivity index (χ1v) is 8.62. The van der Waals surface area contributed by atoms with Gasteiger partial charge in [-0.25, -0.2) is 0 Å². The molecule has 1 aromatic rings. The van der Waals surface area contributed by atoms with Gasteiger partial charge in [-0.3, -0.25) is 15.6 Å². The summed E-state index contributed by atoms with van der Waals surface area (Å²) in [6, 6.07) is 5.40. The predicted octanol–water partition coefficient (Wildman–Crippen LogP) is 2.09. The van der Waals surface area contributed by atoms with Gasteiger partial charge in [-0.05, 0) is 56.6 Å². The molecule has 1 heterocycles. The van der Waals surface area contributed by atoms with Crippen molar-refractivity contribution in [3.8, 4) is 5.75 Å². The Kier molecular flexibility index (Phi) is 7.08. The Morgan fingerprint density at radius 1 is 1.50 bits per heavy atom. The van der Waals surface area contributed by atoms with Crippen molar-refractivity contribution in [2.75, 3.05) is 13.2 Å². The van der Waals surface area contributed by atoms with Gasteiger partial charge < -0.3 is 14.8 Å². The zero-order valence-corrected chi connectivity index (χ0v) is 15.3. The second-order valence-electron chi connectivity index (χ2n) is 5.65. The monoisotopic (exact) mass is 371 g/mol. The van der Waals surface area contributed by atoms with Gasteiger partial charge in [-0.15, -0.1) is 0 Å². The first kappa shape index (κ1) is 18.8. The van der Waals surface area contributed by atoms with Crippen LogP contribution < -0.4 is 20.9 Å². The third-order valence-corrected chi connectivity index (χ3v) is 4.13. The van der Waals surface area contributed by atoms with Gasteiger partial charge in [-0.1, -0.05) is 17.7 Å². The summed E-state index contributed by atoms with van der Waals surface area (Å²) in [5.41, 5.74) is 6.16. The summed E-state index contributed by atoms with van der Waals surface area (Å²) in [5, 5.41) is 3.80. The van der Waals surface area contributed by atoms with E-state index in [1.807, 2.05) is 13.0 Å². The second-order valence-corrected chi connectivity index (χ2v) is 6.47. The highest BCUT2D eigenvalue weighted by atomic mass is 35.5. The van der Waals surface area contributed by atoms with Crippen molar-refractivity contribution >= 4 is 34.8 Å². The van der Waals surface area contributed by atoms with Gasteiger partial charge in [0.05, 0.1) is 11.1 Å². The van der Waals surface area contributed by atoms with E-state index in [0.29, 0.717) is 22.4 Å². The number of nitrogens with one attached hydrogen (secondary N) is 3. The van der Waals surface area contributed by atoms with Gasteiger partial charge in [-0.2, -0.15) is 0 Å². The van der Waals surface area contributed by atoms with E-state index in [1.54, 1.807) is 19.1 Å². The largest absolute Gasteiger partial charge is 0.479 e. The van der Waals surface area contributed by atoms with Crippen molar-refractivity contribution < 1.29 is 14.3 Å². The van der Waals surface area contributed by atoms with Crippen molar-refractivity contribution in [2.45, 2.75) is 38.9 Å². The van der Waals surface area contributed by atoms with Crippen LogP contribution in [-0.2, 0) is 9.53 Å². The fourth-order valence-corrected chi connectivity index (χ4v) is 2.52. The Morgan fingerprint density at radius 3 is 3.00 bits per heavy atom. The molecule has 2 rings (SSSR count). The number of hydrazine groups is 1. The lowest BCUT2D eigenvalue weighted by Gasteiger charge is -2.18. The third kappa shape index (κ3) is 5.81. The van der Waals surface area contributed by atoms with Crippen LogP contribution >= 0.6 is 23.8 Å². The standard InChI is InChI=1S/C16H22ClN3O3S/c1-10-5-6-13(17)14(8-10)23-11(2)15(21)19-20-16(24)18-9-12-4-3-7-22-12/h5-6,8,11-12H,3-4,7,9H2,1-2H3,(H,19,21)(H2,18,20,24)/t11-,12+/m1/s1. The molecule has 6 nitrogen and oxygen atoms in total. The van der Waals surface area contributed by atoms with Crippen LogP contribution in [-0.4, -0.2) is 36.4 Å². The molecule has 0 saturated carbocycles. The highest BCUT2D eigenvalue weighted by Crippen LogP contribution is 2.26. The summed E-state index contributed by atoms with van der Waals surface area (Å²) in [7, 11) is 0. The minimum atomic E-state index is -0.724. The molecule has 2 atom stereocenters. The number of rotatable bonds is 5. The molecule has 1 fully saturated rings.